The van der Waals surface area contributed by atoms with Crippen molar-refractivity contribution in [2.24, 2.45) is 0 Å². The number of nitrogens with zero attached hydrogens (tertiary/aromatic N) is 1. The third-order valence-electron chi connectivity index (χ3n) is 3.57. The molecule has 1 fully saturated rings. The molecule has 0 spiro atoms. The molecule has 0 bridgehead atoms. The summed E-state index contributed by atoms with van der Waals surface area (Å²) in [5, 5.41) is 9.43. The predicted molar refractivity (Wildman–Crippen MR) is 67.6 cm³/mol. The Kier molecular flexibility index (Phi) is 4.17. The molecule has 1 saturated heterocycles. The van der Waals surface area contributed by atoms with Crippen LogP contribution in [0.25, 0.3) is 0 Å². The molecule has 1 amide bonds. The minimum absolute atomic E-state index is 0.0236. The van der Waals surface area contributed by atoms with Crippen molar-refractivity contribution in [3.8, 4) is 0 Å². The molecule has 21 heavy (non-hydrogen) atoms. The standard InChI is InChI=1S/C13H12ClF4NO2/c14-10-7-8(15)1-2-9(10)11(20)19-5-3-12(21,4-6-19)13(16,17)18/h1-2,7,21H,3-6H2. The lowest BCUT2D eigenvalue weighted by atomic mass is 9.90. The topological polar surface area (TPSA) is 40.5 Å². The lowest BCUT2D eigenvalue weighted by Crippen LogP contribution is -2.54. The van der Waals surface area contributed by atoms with Crippen LogP contribution in [0.2, 0.25) is 5.02 Å². The molecule has 2 rings (SSSR count). The first kappa shape index (κ1) is 16.0. The molecule has 0 aliphatic carbocycles. The molecule has 0 radical (unpaired) electrons. The second-order valence-corrected chi connectivity index (χ2v) is 5.35. The number of carbonyl (C=O) groups is 1. The Morgan fingerprint density at radius 1 is 1.29 bits per heavy atom. The van der Waals surface area contributed by atoms with E-state index in [9.17, 15) is 27.5 Å². The van der Waals surface area contributed by atoms with Gasteiger partial charge in [-0.15, -0.1) is 0 Å². The van der Waals surface area contributed by atoms with Gasteiger partial charge < -0.3 is 10.0 Å². The summed E-state index contributed by atoms with van der Waals surface area (Å²) in [6.07, 6.45) is -5.92. The Labute approximate surface area is 123 Å². The lowest BCUT2D eigenvalue weighted by Gasteiger charge is -2.39. The number of alkyl halides is 3. The van der Waals surface area contributed by atoms with Crippen LogP contribution in [0.1, 0.15) is 23.2 Å². The molecule has 0 saturated carbocycles. The average molecular weight is 326 g/mol. The van der Waals surface area contributed by atoms with Crippen LogP contribution in [0, 0.1) is 5.82 Å². The number of carbonyl (C=O) groups excluding carboxylic acids is 1. The van der Waals surface area contributed by atoms with Gasteiger partial charge in [0, 0.05) is 25.9 Å². The van der Waals surface area contributed by atoms with Crippen molar-refractivity contribution in [1.29, 1.82) is 0 Å². The smallest absolute Gasteiger partial charge is 0.380 e. The number of likely N-dealkylation sites (tertiary alicyclic amines) is 1. The fraction of sp³-hybridized carbons (Fsp3) is 0.462. The van der Waals surface area contributed by atoms with E-state index in [0.717, 1.165) is 12.1 Å². The Morgan fingerprint density at radius 3 is 2.33 bits per heavy atom. The zero-order valence-corrected chi connectivity index (χ0v) is 11.5. The minimum Gasteiger partial charge on any atom is -0.380 e. The Hall–Kier alpha value is -1.34. The van der Waals surface area contributed by atoms with Gasteiger partial charge in [-0.1, -0.05) is 11.6 Å². The highest BCUT2D eigenvalue weighted by Gasteiger charge is 2.54. The quantitative estimate of drug-likeness (QED) is 0.806. The summed E-state index contributed by atoms with van der Waals surface area (Å²) in [7, 11) is 0. The van der Waals surface area contributed by atoms with E-state index >= 15 is 0 Å². The van der Waals surface area contributed by atoms with Gasteiger partial charge in [-0.3, -0.25) is 4.79 Å². The summed E-state index contributed by atoms with van der Waals surface area (Å²) in [4.78, 5) is 13.3. The Morgan fingerprint density at radius 2 is 1.86 bits per heavy atom. The van der Waals surface area contributed by atoms with Crippen LogP contribution in [0.5, 0.6) is 0 Å². The van der Waals surface area contributed by atoms with Crippen LogP contribution in [0.4, 0.5) is 17.6 Å². The second kappa shape index (κ2) is 5.46. The monoisotopic (exact) mass is 325 g/mol. The molecule has 8 heteroatoms. The van der Waals surface area contributed by atoms with Crippen molar-refractivity contribution in [2.45, 2.75) is 24.6 Å². The first-order valence-corrected chi connectivity index (χ1v) is 6.55. The summed E-state index contributed by atoms with van der Waals surface area (Å²) in [5.41, 5.74) is -2.74. The zero-order chi connectivity index (χ0) is 15.8. The van der Waals surface area contributed by atoms with Gasteiger partial charge in [-0.25, -0.2) is 4.39 Å². The number of rotatable bonds is 1. The van der Waals surface area contributed by atoms with Gasteiger partial charge in [0.15, 0.2) is 5.60 Å². The van der Waals surface area contributed by atoms with E-state index in [4.69, 9.17) is 11.6 Å². The van der Waals surface area contributed by atoms with E-state index in [2.05, 4.69) is 0 Å². The first-order chi connectivity index (χ1) is 9.64. The number of halogens is 5. The number of amides is 1. The van der Waals surface area contributed by atoms with Crippen molar-refractivity contribution in [3.63, 3.8) is 0 Å². The predicted octanol–water partition coefficient (Wildman–Crippen LogP) is 3.01. The SMILES string of the molecule is O=C(c1ccc(F)cc1Cl)N1CCC(O)(C(F)(F)F)CC1. The third kappa shape index (κ3) is 3.13. The van der Waals surface area contributed by atoms with Crippen molar-refractivity contribution < 1.29 is 27.5 Å². The number of hydrogen-bond donors (Lipinski definition) is 1. The number of benzene rings is 1. The van der Waals surface area contributed by atoms with Gasteiger partial charge in [-0.2, -0.15) is 13.2 Å². The van der Waals surface area contributed by atoms with Crippen molar-refractivity contribution in [1.82, 2.24) is 4.90 Å². The summed E-state index contributed by atoms with van der Waals surface area (Å²) < 4.78 is 50.9. The van der Waals surface area contributed by atoms with Crippen molar-refractivity contribution in [2.75, 3.05) is 13.1 Å². The van der Waals surface area contributed by atoms with Gasteiger partial charge in [0.1, 0.15) is 5.82 Å². The maximum atomic E-state index is 12.9. The summed E-state index contributed by atoms with van der Waals surface area (Å²) in [5.74, 6) is -1.19. The van der Waals surface area contributed by atoms with Crippen LogP contribution in [-0.2, 0) is 0 Å². The highest BCUT2D eigenvalue weighted by Crippen LogP contribution is 2.38. The Balaban J connectivity index is 2.10. The highest BCUT2D eigenvalue weighted by atomic mass is 35.5. The molecule has 1 heterocycles. The molecule has 0 aromatic heterocycles. The summed E-state index contributed by atoms with van der Waals surface area (Å²) >= 11 is 5.76. The van der Waals surface area contributed by atoms with Crippen LogP contribution in [0.3, 0.4) is 0 Å². The average Bonchev–Trinajstić information content (AvgIpc) is 2.37. The molecule has 3 nitrogen and oxygen atoms in total. The number of aliphatic hydroxyl groups is 1. The molecule has 0 atom stereocenters. The van der Waals surface area contributed by atoms with Crippen LogP contribution in [-0.4, -0.2) is 40.8 Å². The fourth-order valence-electron chi connectivity index (χ4n) is 2.20. The minimum atomic E-state index is -4.73. The maximum absolute atomic E-state index is 12.9. The maximum Gasteiger partial charge on any atom is 0.417 e. The first-order valence-electron chi connectivity index (χ1n) is 6.17. The molecular formula is C13H12ClF4NO2. The van der Waals surface area contributed by atoms with Gasteiger partial charge in [-0.05, 0) is 18.2 Å². The Bertz CT molecular complexity index is 554. The van der Waals surface area contributed by atoms with Crippen molar-refractivity contribution >= 4 is 17.5 Å². The molecule has 0 unspecified atom stereocenters. The second-order valence-electron chi connectivity index (χ2n) is 4.95. The zero-order valence-electron chi connectivity index (χ0n) is 10.8. The van der Waals surface area contributed by atoms with Crippen molar-refractivity contribution in [3.05, 3.63) is 34.6 Å². The summed E-state index contributed by atoms with van der Waals surface area (Å²) in [6.45, 7) is -0.495. The third-order valence-corrected chi connectivity index (χ3v) is 3.88. The lowest BCUT2D eigenvalue weighted by molar-refractivity contribution is -0.271. The fourth-order valence-corrected chi connectivity index (χ4v) is 2.44. The van der Waals surface area contributed by atoms with E-state index in [1.54, 1.807) is 0 Å². The molecule has 1 aromatic rings. The van der Waals surface area contributed by atoms with E-state index in [0.29, 0.717) is 0 Å². The van der Waals surface area contributed by atoms with E-state index in [-0.39, 0.29) is 23.7 Å². The molecule has 1 N–H and O–H groups in total. The molecular weight excluding hydrogens is 314 g/mol. The largest absolute Gasteiger partial charge is 0.417 e. The van der Waals surface area contributed by atoms with Gasteiger partial charge >= 0.3 is 6.18 Å². The van der Waals surface area contributed by atoms with E-state index in [1.807, 2.05) is 0 Å². The van der Waals surface area contributed by atoms with E-state index in [1.165, 1.54) is 11.0 Å². The molecule has 1 aliphatic heterocycles. The van der Waals surface area contributed by atoms with Crippen LogP contribution >= 0.6 is 11.6 Å². The molecule has 116 valence electrons. The molecule has 1 aromatic carbocycles. The normalized spacial score (nSPS) is 18.7. The van der Waals surface area contributed by atoms with Gasteiger partial charge in [0.2, 0.25) is 0 Å². The van der Waals surface area contributed by atoms with E-state index < -0.39 is 36.3 Å². The highest BCUT2D eigenvalue weighted by molar-refractivity contribution is 6.33. The number of piperidine rings is 1. The molecule has 1 aliphatic rings. The number of hydrogen-bond acceptors (Lipinski definition) is 2. The van der Waals surface area contributed by atoms with Crippen LogP contribution < -0.4 is 0 Å². The van der Waals surface area contributed by atoms with Gasteiger partial charge in [0.25, 0.3) is 5.91 Å². The summed E-state index contributed by atoms with van der Waals surface area (Å²) in [6, 6.07) is 3.20. The van der Waals surface area contributed by atoms with Gasteiger partial charge in [0.05, 0.1) is 10.6 Å². The van der Waals surface area contributed by atoms with Crippen LogP contribution in [0.15, 0.2) is 18.2 Å².